The predicted molar refractivity (Wildman–Crippen MR) is 159 cm³/mol. The number of anilines is 4. The number of benzene rings is 1. The highest BCUT2D eigenvalue weighted by Crippen LogP contribution is 2.25. The SMILES string of the molecule is Cc1ccc(NC(=O)c2ccnc(N3CCOCC3)c2)cc1Nc1ccnc(ON2CCNCC2)n1.Cl.Cl.Cl. The standard InChI is InChI=1S/C25H30N8O3.3ClH/c1-18-2-3-20(29-24(34)19-4-6-27-23(16-19)32-12-14-35-15-13-32)17-21(18)30-22-5-7-28-25(31-22)36-33-10-8-26-9-11-33;;;/h2-7,16-17,26H,8-15H2,1H3,(H,29,34)(H,28,30,31);3*1H. The first-order valence-corrected chi connectivity index (χ1v) is 12.1. The third-order valence-electron chi connectivity index (χ3n) is 6.02. The minimum absolute atomic E-state index is 0. The average Bonchev–Trinajstić information content (AvgIpc) is 2.92. The highest BCUT2D eigenvalue weighted by molar-refractivity contribution is 6.05. The number of pyridine rings is 1. The van der Waals surface area contributed by atoms with Crippen LogP contribution in [0.4, 0.5) is 23.0 Å². The number of hydrogen-bond acceptors (Lipinski definition) is 10. The molecule has 0 radical (unpaired) electrons. The van der Waals surface area contributed by atoms with Crippen LogP contribution >= 0.6 is 37.2 Å². The molecule has 2 aliphatic heterocycles. The van der Waals surface area contributed by atoms with Crippen LogP contribution in [0.3, 0.4) is 0 Å². The normalized spacial score (nSPS) is 15.2. The molecule has 39 heavy (non-hydrogen) atoms. The molecule has 0 unspecified atom stereocenters. The number of carbonyl (C=O) groups excluding carboxylic acids is 1. The van der Waals surface area contributed by atoms with Crippen molar-refractivity contribution in [3.05, 3.63) is 59.9 Å². The van der Waals surface area contributed by atoms with Crippen LogP contribution in [-0.2, 0) is 4.74 Å². The largest absolute Gasteiger partial charge is 0.378 e. The molecular formula is C25H33Cl3N8O3. The second-order valence-electron chi connectivity index (χ2n) is 8.61. The maximum Gasteiger partial charge on any atom is 0.337 e. The fourth-order valence-electron chi connectivity index (χ4n) is 4.01. The van der Waals surface area contributed by atoms with Crippen LogP contribution in [0, 0.1) is 6.92 Å². The summed E-state index contributed by atoms with van der Waals surface area (Å²) in [4.78, 5) is 34.0. The van der Waals surface area contributed by atoms with E-state index in [1.54, 1.807) is 24.5 Å². The van der Waals surface area contributed by atoms with Crippen molar-refractivity contribution in [2.75, 3.05) is 68.0 Å². The Hall–Kier alpha value is -2.93. The molecule has 2 saturated heterocycles. The van der Waals surface area contributed by atoms with Gasteiger partial charge in [-0.25, -0.2) is 9.97 Å². The Morgan fingerprint density at radius 1 is 0.974 bits per heavy atom. The summed E-state index contributed by atoms with van der Waals surface area (Å²) in [6.07, 6.45) is 3.32. The highest BCUT2D eigenvalue weighted by atomic mass is 35.5. The van der Waals surface area contributed by atoms with Gasteiger partial charge in [-0.3, -0.25) is 4.79 Å². The van der Waals surface area contributed by atoms with E-state index in [2.05, 4.69) is 35.8 Å². The summed E-state index contributed by atoms with van der Waals surface area (Å²) >= 11 is 0. The number of rotatable bonds is 7. The maximum atomic E-state index is 13.0. The van der Waals surface area contributed by atoms with E-state index in [1.807, 2.05) is 36.3 Å². The molecule has 2 fully saturated rings. The fourth-order valence-corrected chi connectivity index (χ4v) is 4.01. The van der Waals surface area contributed by atoms with E-state index in [0.717, 1.165) is 56.3 Å². The number of aryl methyl sites for hydroxylation is 1. The molecule has 4 heterocycles. The zero-order valence-corrected chi connectivity index (χ0v) is 23.9. The van der Waals surface area contributed by atoms with Crippen molar-refractivity contribution in [2.24, 2.45) is 0 Å². The second kappa shape index (κ2) is 15.6. The zero-order valence-electron chi connectivity index (χ0n) is 21.5. The third kappa shape index (κ3) is 8.79. The molecule has 0 bridgehead atoms. The first-order chi connectivity index (χ1) is 17.6. The van der Waals surface area contributed by atoms with Gasteiger partial charge in [0.05, 0.1) is 13.2 Å². The smallest absolute Gasteiger partial charge is 0.337 e. The first kappa shape index (κ1) is 32.3. The Labute approximate surface area is 246 Å². The molecule has 0 saturated carbocycles. The molecular weight excluding hydrogens is 567 g/mol. The van der Waals surface area contributed by atoms with Crippen molar-refractivity contribution < 1.29 is 14.4 Å². The van der Waals surface area contributed by atoms with Gasteiger partial charge in [-0.15, -0.1) is 42.3 Å². The van der Waals surface area contributed by atoms with Crippen LogP contribution in [-0.4, -0.2) is 78.4 Å². The Kier molecular flexibility index (Phi) is 12.9. The number of hydrogen-bond donors (Lipinski definition) is 3. The van der Waals surface area contributed by atoms with Gasteiger partial charge < -0.3 is 30.4 Å². The minimum atomic E-state index is -0.199. The molecule has 212 valence electrons. The minimum Gasteiger partial charge on any atom is -0.378 e. The predicted octanol–water partition coefficient (Wildman–Crippen LogP) is 3.48. The number of nitrogens with one attached hydrogen (secondary N) is 3. The van der Waals surface area contributed by atoms with Crippen LogP contribution in [0.1, 0.15) is 15.9 Å². The van der Waals surface area contributed by atoms with Crippen LogP contribution in [0.2, 0.25) is 0 Å². The van der Waals surface area contributed by atoms with Crippen LogP contribution in [0.5, 0.6) is 6.01 Å². The molecule has 0 spiro atoms. The van der Waals surface area contributed by atoms with E-state index in [4.69, 9.17) is 9.57 Å². The van der Waals surface area contributed by atoms with Gasteiger partial charge in [0.25, 0.3) is 5.91 Å². The van der Waals surface area contributed by atoms with Crippen molar-refractivity contribution in [3.63, 3.8) is 0 Å². The molecule has 1 amide bonds. The van der Waals surface area contributed by atoms with E-state index in [-0.39, 0.29) is 49.1 Å². The van der Waals surface area contributed by atoms with Gasteiger partial charge in [-0.2, -0.15) is 4.98 Å². The van der Waals surface area contributed by atoms with Crippen LogP contribution in [0.15, 0.2) is 48.8 Å². The first-order valence-electron chi connectivity index (χ1n) is 12.1. The van der Waals surface area contributed by atoms with Crippen LogP contribution in [0.25, 0.3) is 0 Å². The lowest BCUT2D eigenvalue weighted by Crippen LogP contribution is -2.45. The summed E-state index contributed by atoms with van der Waals surface area (Å²) in [6.45, 7) is 8.10. The van der Waals surface area contributed by atoms with Crippen LogP contribution < -0.4 is 25.7 Å². The van der Waals surface area contributed by atoms with E-state index in [0.29, 0.717) is 30.3 Å². The van der Waals surface area contributed by atoms with E-state index < -0.39 is 0 Å². The van der Waals surface area contributed by atoms with Crippen molar-refractivity contribution in [3.8, 4) is 6.01 Å². The quantitative estimate of drug-likeness (QED) is 0.373. The average molecular weight is 600 g/mol. The number of morpholine rings is 1. The molecule has 0 aliphatic carbocycles. The van der Waals surface area contributed by atoms with E-state index >= 15 is 0 Å². The summed E-state index contributed by atoms with van der Waals surface area (Å²) in [7, 11) is 0. The molecule has 3 aromatic rings. The zero-order chi connectivity index (χ0) is 24.7. The summed E-state index contributed by atoms with van der Waals surface area (Å²) < 4.78 is 5.41. The van der Waals surface area contributed by atoms with Gasteiger partial charge in [0.1, 0.15) is 11.6 Å². The van der Waals surface area contributed by atoms with Gasteiger partial charge in [-0.05, 0) is 42.8 Å². The number of hydroxylamine groups is 2. The van der Waals surface area contributed by atoms with Gasteiger partial charge in [0.15, 0.2) is 0 Å². The number of carbonyl (C=O) groups is 1. The van der Waals surface area contributed by atoms with E-state index in [9.17, 15) is 4.79 Å². The number of piperazine rings is 1. The molecule has 1 aromatic carbocycles. The van der Waals surface area contributed by atoms with Gasteiger partial charge >= 0.3 is 6.01 Å². The third-order valence-corrected chi connectivity index (χ3v) is 6.02. The Morgan fingerprint density at radius 2 is 1.72 bits per heavy atom. The van der Waals surface area contributed by atoms with Crippen molar-refractivity contribution in [1.29, 1.82) is 0 Å². The number of halogens is 3. The van der Waals surface area contributed by atoms with Gasteiger partial charge in [-0.1, -0.05) is 6.07 Å². The summed E-state index contributed by atoms with van der Waals surface area (Å²) in [5.41, 5.74) is 3.05. The number of aromatic nitrogens is 3. The monoisotopic (exact) mass is 598 g/mol. The molecule has 2 aromatic heterocycles. The highest BCUT2D eigenvalue weighted by Gasteiger charge is 2.16. The molecule has 5 rings (SSSR count). The summed E-state index contributed by atoms with van der Waals surface area (Å²) in [5, 5.41) is 11.4. The lowest BCUT2D eigenvalue weighted by atomic mass is 10.1. The molecule has 14 heteroatoms. The van der Waals surface area contributed by atoms with Gasteiger partial charge in [0.2, 0.25) is 0 Å². The van der Waals surface area contributed by atoms with E-state index in [1.165, 1.54) is 0 Å². The lowest BCUT2D eigenvalue weighted by molar-refractivity contribution is -0.0743. The summed E-state index contributed by atoms with van der Waals surface area (Å²) in [6, 6.07) is 11.3. The molecule has 11 nitrogen and oxygen atoms in total. The Morgan fingerprint density at radius 3 is 2.49 bits per heavy atom. The van der Waals surface area contributed by atoms with Crippen molar-refractivity contribution >= 4 is 66.1 Å². The fraction of sp³-hybridized carbons (Fsp3) is 0.360. The summed E-state index contributed by atoms with van der Waals surface area (Å²) in [5.74, 6) is 1.18. The number of nitrogens with zero attached hydrogens (tertiary/aromatic N) is 5. The number of amides is 1. The number of ether oxygens (including phenoxy) is 1. The lowest BCUT2D eigenvalue weighted by Gasteiger charge is -2.27. The van der Waals surface area contributed by atoms with Crippen molar-refractivity contribution in [1.82, 2.24) is 25.3 Å². The molecule has 3 N–H and O–H groups in total. The molecule has 0 atom stereocenters. The molecule has 2 aliphatic rings. The van der Waals surface area contributed by atoms with Gasteiger partial charge in [0, 0.05) is 68.6 Å². The Bertz CT molecular complexity index is 1210. The maximum absolute atomic E-state index is 13.0. The van der Waals surface area contributed by atoms with Crippen molar-refractivity contribution in [2.45, 2.75) is 6.92 Å². The second-order valence-corrected chi connectivity index (χ2v) is 8.61. The topological polar surface area (TPSA) is 117 Å². The Balaban J connectivity index is 0.00000178.